The van der Waals surface area contributed by atoms with Gasteiger partial charge in [-0.2, -0.15) is 0 Å². The number of nitrogens with one attached hydrogen (secondary N) is 1. The third kappa shape index (κ3) is 5.09. The van der Waals surface area contributed by atoms with Crippen LogP contribution in [0.15, 0.2) is 48.5 Å². The largest absolute Gasteiger partial charge is 0.454 e. The van der Waals surface area contributed by atoms with Gasteiger partial charge in [-0.3, -0.25) is 9.69 Å². The summed E-state index contributed by atoms with van der Waals surface area (Å²) in [5.41, 5.74) is 2.00. The number of carbonyl (C=O) groups excluding carboxylic acids is 1. The molecule has 1 fully saturated rings. The fourth-order valence-corrected chi connectivity index (χ4v) is 3.60. The van der Waals surface area contributed by atoms with E-state index in [1.54, 1.807) is 6.08 Å². The molecule has 6 nitrogen and oxygen atoms in total. The van der Waals surface area contributed by atoms with Gasteiger partial charge in [0.05, 0.1) is 19.3 Å². The van der Waals surface area contributed by atoms with Crippen LogP contribution in [0.4, 0.5) is 0 Å². The molecule has 0 saturated carbocycles. The molecule has 1 saturated heterocycles. The predicted octanol–water partition coefficient (Wildman–Crippen LogP) is 3.27. The monoisotopic (exact) mass is 414 g/mol. The van der Waals surface area contributed by atoms with E-state index in [1.165, 1.54) is 6.08 Å². The standard InChI is InChI=1S/C22H23ClN2O4/c23-18-5-3-17(4-6-18)19(25-9-11-27-12-10-25)14-24-22(26)8-2-16-1-7-20-21(13-16)29-15-28-20/h1-8,13,19H,9-12,14-15H2,(H,24,26). The van der Waals surface area contributed by atoms with Gasteiger partial charge in [-0.1, -0.05) is 29.8 Å². The number of benzene rings is 2. The van der Waals surface area contributed by atoms with Crippen molar-refractivity contribution in [3.05, 3.63) is 64.7 Å². The number of halogens is 1. The minimum absolute atomic E-state index is 0.0686. The van der Waals surface area contributed by atoms with Crippen LogP contribution >= 0.6 is 11.6 Å². The van der Waals surface area contributed by atoms with Crippen LogP contribution in [0, 0.1) is 0 Å². The molecular formula is C22H23ClN2O4. The molecule has 29 heavy (non-hydrogen) atoms. The summed E-state index contributed by atoms with van der Waals surface area (Å²) >= 11 is 6.04. The molecule has 0 spiro atoms. The maximum atomic E-state index is 12.4. The molecule has 1 unspecified atom stereocenters. The van der Waals surface area contributed by atoms with E-state index in [0.29, 0.717) is 30.5 Å². The number of morpholine rings is 1. The molecular weight excluding hydrogens is 392 g/mol. The van der Waals surface area contributed by atoms with E-state index in [0.717, 1.165) is 30.0 Å². The average Bonchev–Trinajstić information content (AvgIpc) is 3.22. The summed E-state index contributed by atoms with van der Waals surface area (Å²) in [4.78, 5) is 14.7. The summed E-state index contributed by atoms with van der Waals surface area (Å²) in [5, 5.41) is 3.72. The lowest BCUT2D eigenvalue weighted by Crippen LogP contribution is -2.43. The average molecular weight is 415 g/mol. The molecule has 152 valence electrons. The molecule has 0 radical (unpaired) electrons. The van der Waals surface area contributed by atoms with E-state index in [4.69, 9.17) is 25.8 Å². The van der Waals surface area contributed by atoms with Gasteiger partial charge in [-0.05, 0) is 41.5 Å². The smallest absolute Gasteiger partial charge is 0.244 e. The van der Waals surface area contributed by atoms with Crippen LogP contribution in [0.2, 0.25) is 5.02 Å². The van der Waals surface area contributed by atoms with Crippen molar-refractivity contribution in [2.24, 2.45) is 0 Å². The van der Waals surface area contributed by atoms with Gasteiger partial charge in [-0.25, -0.2) is 0 Å². The highest BCUT2D eigenvalue weighted by Crippen LogP contribution is 2.32. The molecule has 7 heteroatoms. The fraction of sp³-hybridized carbons (Fsp3) is 0.318. The number of nitrogens with zero attached hydrogens (tertiary/aromatic N) is 1. The number of fused-ring (bicyclic) bond motifs is 1. The maximum absolute atomic E-state index is 12.4. The number of hydrogen-bond acceptors (Lipinski definition) is 5. The lowest BCUT2D eigenvalue weighted by atomic mass is 10.0. The maximum Gasteiger partial charge on any atom is 0.244 e. The summed E-state index contributed by atoms with van der Waals surface area (Å²) in [5.74, 6) is 1.28. The molecule has 2 aliphatic rings. The highest BCUT2D eigenvalue weighted by atomic mass is 35.5. The van der Waals surface area contributed by atoms with Crippen molar-refractivity contribution >= 4 is 23.6 Å². The first-order valence-electron chi connectivity index (χ1n) is 9.62. The topological polar surface area (TPSA) is 60.0 Å². The van der Waals surface area contributed by atoms with Gasteiger partial charge >= 0.3 is 0 Å². The molecule has 2 aromatic rings. The van der Waals surface area contributed by atoms with Crippen LogP contribution in [-0.4, -0.2) is 50.4 Å². The van der Waals surface area contributed by atoms with Crippen LogP contribution in [0.5, 0.6) is 11.5 Å². The van der Waals surface area contributed by atoms with E-state index < -0.39 is 0 Å². The Labute approximate surface area is 175 Å². The zero-order valence-corrected chi connectivity index (χ0v) is 16.7. The molecule has 0 aliphatic carbocycles. The first kappa shape index (κ1) is 19.8. The third-order valence-electron chi connectivity index (χ3n) is 5.03. The molecule has 1 amide bonds. The van der Waals surface area contributed by atoms with Crippen molar-refractivity contribution in [1.29, 1.82) is 0 Å². The Hall–Kier alpha value is -2.54. The van der Waals surface area contributed by atoms with Crippen LogP contribution in [0.3, 0.4) is 0 Å². The summed E-state index contributed by atoms with van der Waals surface area (Å²) in [6, 6.07) is 13.4. The van der Waals surface area contributed by atoms with Gasteiger partial charge in [0.15, 0.2) is 11.5 Å². The number of rotatable bonds is 6. The van der Waals surface area contributed by atoms with Crippen molar-refractivity contribution in [1.82, 2.24) is 10.2 Å². The molecule has 1 atom stereocenters. The Morgan fingerprint density at radius 2 is 1.86 bits per heavy atom. The Bertz CT molecular complexity index is 879. The van der Waals surface area contributed by atoms with E-state index in [2.05, 4.69) is 10.2 Å². The van der Waals surface area contributed by atoms with Gasteiger partial charge < -0.3 is 19.5 Å². The van der Waals surface area contributed by atoms with Crippen molar-refractivity contribution in [2.45, 2.75) is 6.04 Å². The van der Waals surface area contributed by atoms with E-state index in [1.807, 2.05) is 42.5 Å². The molecule has 2 aliphatic heterocycles. The lowest BCUT2D eigenvalue weighted by Gasteiger charge is -2.34. The molecule has 4 rings (SSSR count). The molecule has 1 N–H and O–H groups in total. The zero-order valence-electron chi connectivity index (χ0n) is 16.0. The van der Waals surface area contributed by atoms with Crippen LogP contribution in [0.25, 0.3) is 6.08 Å². The van der Waals surface area contributed by atoms with E-state index >= 15 is 0 Å². The number of hydrogen-bond donors (Lipinski definition) is 1. The van der Waals surface area contributed by atoms with Gasteiger partial charge in [0.25, 0.3) is 0 Å². The minimum Gasteiger partial charge on any atom is -0.454 e. The van der Waals surface area contributed by atoms with Crippen LogP contribution in [0.1, 0.15) is 17.2 Å². The molecule has 0 bridgehead atoms. The third-order valence-corrected chi connectivity index (χ3v) is 5.29. The molecule has 2 heterocycles. The summed E-state index contributed by atoms with van der Waals surface area (Å²) in [7, 11) is 0. The predicted molar refractivity (Wildman–Crippen MR) is 111 cm³/mol. The highest BCUT2D eigenvalue weighted by molar-refractivity contribution is 6.30. The Morgan fingerprint density at radius 3 is 2.66 bits per heavy atom. The first-order chi connectivity index (χ1) is 14.2. The molecule has 0 aromatic heterocycles. The van der Waals surface area contributed by atoms with Crippen molar-refractivity contribution in [3.8, 4) is 11.5 Å². The van der Waals surface area contributed by atoms with Gasteiger partial charge in [-0.15, -0.1) is 0 Å². The lowest BCUT2D eigenvalue weighted by molar-refractivity contribution is -0.116. The van der Waals surface area contributed by atoms with E-state index in [-0.39, 0.29) is 18.7 Å². The summed E-state index contributed by atoms with van der Waals surface area (Å²) in [6.45, 7) is 3.79. The van der Waals surface area contributed by atoms with Crippen molar-refractivity contribution < 1.29 is 19.0 Å². The van der Waals surface area contributed by atoms with Gasteiger partial charge in [0, 0.05) is 30.7 Å². The zero-order chi connectivity index (χ0) is 20.1. The SMILES string of the molecule is O=C(C=Cc1ccc2c(c1)OCO2)NCC(c1ccc(Cl)cc1)N1CCOCC1. The number of ether oxygens (including phenoxy) is 3. The Morgan fingerprint density at radius 1 is 1.10 bits per heavy atom. The second kappa shape index (κ2) is 9.31. The van der Waals surface area contributed by atoms with Crippen molar-refractivity contribution in [2.75, 3.05) is 39.6 Å². The van der Waals surface area contributed by atoms with Crippen LogP contribution < -0.4 is 14.8 Å². The fourth-order valence-electron chi connectivity index (χ4n) is 3.48. The quantitative estimate of drug-likeness (QED) is 0.735. The normalized spacial score (nSPS) is 17.4. The number of carbonyl (C=O) groups is 1. The Kier molecular flexibility index (Phi) is 6.34. The van der Waals surface area contributed by atoms with Gasteiger partial charge in [0.1, 0.15) is 0 Å². The second-order valence-electron chi connectivity index (χ2n) is 6.91. The Balaban J connectivity index is 1.39. The first-order valence-corrected chi connectivity index (χ1v) is 10.00. The number of amides is 1. The summed E-state index contributed by atoms with van der Waals surface area (Å²) in [6.07, 6.45) is 3.30. The van der Waals surface area contributed by atoms with Crippen LogP contribution in [-0.2, 0) is 9.53 Å². The van der Waals surface area contributed by atoms with E-state index in [9.17, 15) is 4.79 Å². The minimum atomic E-state index is -0.144. The highest BCUT2D eigenvalue weighted by Gasteiger charge is 2.23. The molecule has 2 aromatic carbocycles. The van der Waals surface area contributed by atoms with Crippen molar-refractivity contribution in [3.63, 3.8) is 0 Å². The summed E-state index contributed by atoms with van der Waals surface area (Å²) < 4.78 is 16.1. The second-order valence-corrected chi connectivity index (χ2v) is 7.34. The van der Waals surface area contributed by atoms with Gasteiger partial charge in [0.2, 0.25) is 12.7 Å².